The van der Waals surface area contributed by atoms with Gasteiger partial charge in [0, 0.05) is 17.4 Å². The highest BCUT2D eigenvalue weighted by atomic mass is 19.4. The summed E-state index contributed by atoms with van der Waals surface area (Å²) in [5, 5.41) is 9.89. The molecule has 0 unspecified atom stereocenters. The Morgan fingerprint density at radius 3 is 2.42 bits per heavy atom. The fraction of sp³-hybridized carbons (Fsp3) is 0.320. The molecule has 0 aliphatic carbocycles. The van der Waals surface area contributed by atoms with Crippen molar-refractivity contribution in [2.45, 2.75) is 37.6 Å². The maximum absolute atomic E-state index is 13.3. The van der Waals surface area contributed by atoms with Gasteiger partial charge in [0.25, 0.3) is 0 Å². The molecule has 38 heavy (non-hydrogen) atoms. The number of halogens is 3. The molecule has 2 saturated heterocycles. The number of urea groups is 1. The van der Waals surface area contributed by atoms with Gasteiger partial charge in [-0.3, -0.25) is 4.98 Å². The zero-order valence-electron chi connectivity index (χ0n) is 20.0. The number of anilines is 3. The molecule has 0 spiro atoms. The molecule has 0 radical (unpaired) electrons. The standard InChI is InChI=1S/C25H23F3N8O2/c26-25(27,28)14-35-22-20(11-30-35)23(36-18-7-8-19(36)13-38-12-18)34-21(33-22)15-3-5-16(6-4-15)31-24(37)32-17-2-1-9-29-10-17/h1-6,9-11,18-19H,7-8,12-14H2,(H2,31,32,37)/t18-,19+. The Morgan fingerprint density at radius 2 is 1.74 bits per heavy atom. The van der Waals surface area contributed by atoms with E-state index in [1.165, 1.54) is 12.4 Å². The van der Waals surface area contributed by atoms with Crippen molar-refractivity contribution in [2.24, 2.45) is 0 Å². The Morgan fingerprint density at radius 1 is 1.00 bits per heavy atom. The van der Waals surface area contributed by atoms with Crippen molar-refractivity contribution < 1.29 is 22.7 Å². The molecule has 2 atom stereocenters. The van der Waals surface area contributed by atoms with E-state index in [9.17, 15) is 18.0 Å². The molecule has 10 nitrogen and oxygen atoms in total. The summed E-state index contributed by atoms with van der Waals surface area (Å²) >= 11 is 0. The first-order valence-electron chi connectivity index (χ1n) is 12.1. The zero-order valence-corrected chi connectivity index (χ0v) is 20.0. The highest BCUT2D eigenvalue weighted by Gasteiger charge is 2.40. The molecule has 2 N–H and O–H groups in total. The van der Waals surface area contributed by atoms with Gasteiger partial charge in [-0.05, 0) is 49.2 Å². The Kier molecular flexibility index (Phi) is 6.06. The second kappa shape index (κ2) is 9.56. The van der Waals surface area contributed by atoms with Crippen LogP contribution in [0.25, 0.3) is 22.4 Å². The fourth-order valence-corrected chi connectivity index (χ4v) is 4.96. The lowest BCUT2D eigenvalue weighted by atomic mass is 10.1. The van der Waals surface area contributed by atoms with Gasteiger partial charge in [-0.1, -0.05) is 0 Å². The van der Waals surface area contributed by atoms with Crippen LogP contribution < -0.4 is 15.5 Å². The van der Waals surface area contributed by atoms with Gasteiger partial charge in [0.2, 0.25) is 0 Å². The second-order valence-corrected chi connectivity index (χ2v) is 9.25. The highest BCUT2D eigenvalue weighted by molar-refractivity contribution is 5.99. The predicted octanol–water partition coefficient (Wildman–Crippen LogP) is 4.46. The number of rotatable bonds is 5. The molecule has 0 saturated carbocycles. The molecule has 5 heterocycles. The summed E-state index contributed by atoms with van der Waals surface area (Å²) in [7, 11) is 0. The van der Waals surface area contributed by atoms with Gasteiger partial charge in [0.15, 0.2) is 11.5 Å². The van der Waals surface area contributed by atoms with E-state index < -0.39 is 18.8 Å². The van der Waals surface area contributed by atoms with Gasteiger partial charge >= 0.3 is 12.2 Å². The number of benzene rings is 1. The largest absolute Gasteiger partial charge is 0.408 e. The normalized spacial score (nSPS) is 19.1. The average Bonchev–Trinajstić information content (AvgIpc) is 3.39. The van der Waals surface area contributed by atoms with Crippen LogP contribution in [0.4, 0.5) is 35.2 Å². The third-order valence-corrected chi connectivity index (χ3v) is 6.61. The average molecular weight is 525 g/mol. The predicted molar refractivity (Wildman–Crippen MR) is 134 cm³/mol. The number of morpholine rings is 1. The van der Waals surface area contributed by atoms with Crippen LogP contribution in [-0.4, -0.2) is 62.2 Å². The van der Waals surface area contributed by atoms with Crippen LogP contribution in [0.15, 0.2) is 55.0 Å². The van der Waals surface area contributed by atoms with Crippen LogP contribution in [0, 0.1) is 0 Å². The van der Waals surface area contributed by atoms with Gasteiger partial charge < -0.3 is 20.3 Å². The van der Waals surface area contributed by atoms with Crippen LogP contribution in [0.3, 0.4) is 0 Å². The van der Waals surface area contributed by atoms with Crippen LogP contribution in [0.2, 0.25) is 0 Å². The number of carbonyl (C=O) groups excluding carboxylic acids is 1. The molecular formula is C25H23F3N8O2. The lowest BCUT2D eigenvalue weighted by molar-refractivity contribution is -0.141. The Hall–Kier alpha value is -4.26. The van der Waals surface area contributed by atoms with E-state index >= 15 is 0 Å². The van der Waals surface area contributed by atoms with Crippen LogP contribution in [0.5, 0.6) is 0 Å². The van der Waals surface area contributed by atoms with Gasteiger partial charge in [-0.2, -0.15) is 18.3 Å². The molecule has 6 rings (SSSR count). The summed E-state index contributed by atoms with van der Waals surface area (Å²) < 4.78 is 46.4. The maximum atomic E-state index is 13.3. The lowest BCUT2D eigenvalue weighted by Crippen LogP contribution is -2.46. The minimum Gasteiger partial charge on any atom is -0.377 e. The second-order valence-electron chi connectivity index (χ2n) is 9.25. The first-order chi connectivity index (χ1) is 18.3. The molecule has 2 amide bonds. The summed E-state index contributed by atoms with van der Waals surface area (Å²) in [6.45, 7) is -0.178. The minimum absolute atomic E-state index is 0.0931. The molecule has 1 aromatic carbocycles. The zero-order chi connectivity index (χ0) is 26.3. The highest BCUT2D eigenvalue weighted by Crippen LogP contribution is 2.38. The number of aromatic nitrogens is 5. The van der Waals surface area contributed by atoms with Gasteiger partial charge in [-0.25, -0.2) is 19.4 Å². The number of hydrogen-bond donors (Lipinski definition) is 2. The molecular weight excluding hydrogens is 501 g/mol. The maximum Gasteiger partial charge on any atom is 0.408 e. The molecule has 3 aromatic heterocycles. The van der Waals surface area contributed by atoms with Gasteiger partial charge in [0.05, 0.1) is 48.8 Å². The number of nitrogens with one attached hydrogen (secondary N) is 2. The van der Waals surface area contributed by atoms with E-state index in [0.717, 1.165) is 17.5 Å². The number of ether oxygens (including phenoxy) is 1. The van der Waals surface area contributed by atoms with Crippen LogP contribution >= 0.6 is 0 Å². The quantitative estimate of drug-likeness (QED) is 0.397. The van der Waals surface area contributed by atoms with Crippen molar-refractivity contribution in [1.29, 1.82) is 0 Å². The van der Waals surface area contributed by atoms with Crippen molar-refractivity contribution in [1.82, 2.24) is 24.7 Å². The summed E-state index contributed by atoms with van der Waals surface area (Å²) in [6, 6.07) is 9.94. The number of amides is 2. The number of hydrogen-bond acceptors (Lipinski definition) is 7. The first-order valence-corrected chi connectivity index (χ1v) is 12.1. The van der Waals surface area contributed by atoms with E-state index in [-0.39, 0.29) is 23.6 Å². The third kappa shape index (κ3) is 4.84. The monoisotopic (exact) mass is 524 g/mol. The van der Waals surface area contributed by atoms with Crippen molar-refractivity contribution >= 4 is 34.3 Å². The molecule has 13 heteroatoms. The molecule has 196 valence electrons. The van der Waals surface area contributed by atoms with E-state index in [1.807, 2.05) is 0 Å². The Labute approximate surface area is 214 Å². The van der Waals surface area contributed by atoms with E-state index in [4.69, 9.17) is 9.72 Å². The molecule has 2 aliphatic rings. The smallest absolute Gasteiger partial charge is 0.377 e. The van der Waals surface area contributed by atoms with E-state index in [2.05, 4.69) is 30.6 Å². The summed E-state index contributed by atoms with van der Waals surface area (Å²) in [5.74, 6) is 0.834. The van der Waals surface area contributed by atoms with Crippen LogP contribution in [-0.2, 0) is 11.3 Å². The van der Waals surface area contributed by atoms with Gasteiger partial charge in [0.1, 0.15) is 12.4 Å². The number of alkyl halides is 3. The fourth-order valence-electron chi connectivity index (χ4n) is 4.96. The molecule has 4 aromatic rings. The SMILES string of the molecule is O=C(Nc1ccc(-c2nc(N3[C@@H]4CC[C@H]3COC4)c3cnn(CC(F)(F)F)c3n2)cc1)Nc1cccnc1. The lowest BCUT2D eigenvalue weighted by Gasteiger charge is -2.36. The molecule has 2 bridgehead atoms. The van der Waals surface area contributed by atoms with Crippen molar-refractivity contribution in [3.63, 3.8) is 0 Å². The van der Waals surface area contributed by atoms with Crippen LogP contribution in [0.1, 0.15) is 12.8 Å². The molecule has 2 aliphatic heterocycles. The topological polar surface area (TPSA) is 110 Å². The Balaban J connectivity index is 1.32. The summed E-state index contributed by atoms with van der Waals surface area (Å²) in [4.78, 5) is 27.7. The Bertz CT molecular complexity index is 1440. The number of fused-ring (bicyclic) bond motifs is 3. The minimum atomic E-state index is -4.45. The summed E-state index contributed by atoms with van der Waals surface area (Å²) in [6.07, 6.45) is 1.92. The number of carbonyl (C=O) groups is 1. The van der Waals surface area contributed by atoms with Crippen molar-refractivity contribution in [3.8, 4) is 11.4 Å². The number of pyridine rings is 1. The molecule has 2 fully saturated rings. The summed E-state index contributed by atoms with van der Waals surface area (Å²) in [5.41, 5.74) is 1.77. The van der Waals surface area contributed by atoms with E-state index in [0.29, 0.717) is 41.4 Å². The number of nitrogens with zero attached hydrogens (tertiary/aromatic N) is 6. The van der Waals surface area contributed by atoms with E-state index in [1.54, 1.807) is 42.6 Å². The van der Waals surface area contributed by atoms with Crippen molar-refractivity contribution in [2.75, 3.05) is 28.7 Å². The van der Waals surface area contributed by atoms with Crippen molar-refractivity contribution in [3.05, 3.63) is 55.0 Å². The first kappa shape index (κ1) is 24.1. The third-order valence-electron chi connectivity index (χ3n) is 6.61. The van der Waals surface area contributed by atoms with Gasteiger partial charge in [-0.15, -0.1) is 0 Å².